The van der Waals surface area contributed by atoms with Crippen molar-refractivity contribution in [3.8, 4) is 0 Å². The predicted molar refractivity (Wildman–Crippen MR) is 67.6 cm³/mol. The molecule has 0 saturated heterocycles. The van der Waals surface area contributed by atoms with Crippen molar-refractivity contribution in [3.05, 3.63) is 53.9 Å². The summed E-state index contributed by atoms with van der Waals surface area (Å²) in [6.45, 7) is 2.10. The highest BCUT2D eigenvalue weighted by atomic mass is 32.2. The lowest BCUT2D eigenvalue weighted by Gasteiger charge is -2.09. The second-order valence-corrected chi connectivity index (χ2v) is 5.04. The fourth-order valence-corrected chi connectivity index (χ4v) is 2.92. The molecule has 80 valence electrons. The molecular weight excluding hydrogens is 216 g/mol. The maximum atomic E-state index is 4.42. The molecule has 1 aromatic carbocycles. The van der Waals surface area contributed by atoms with Gasteiger partial charge in [0.25, 0.3) is 0 Å². The van der Waals surface area contributed by atoms with Gasteiger partial charge in [0.2, 0.25) is 0 Å². The van der Waals surface area contributed by atoms with Crippen LogP contribution in [0.1, 0.15) is 16.6 Å². The Morgan fingerprint density at radius 1 is 1.25 bits per heavy atom. The number of aromatic nitrogens is 1. The summed E-state index contributed by atoms with van der Waals surface area (Å²) < 4.78 is 0. The summed E-state index contributed by atoms with van der Waals surface area (Å²) >= 11 is 1.82. The molecule has 1 atom stereocenters. The van der Waals surface area contributed by atoms with Crippen LogP contribution < -0.4 is 5.32 Å². The minimum absolute atomic E-state index is 0.247. The zero-order chi connectivity index (χ0) is 11.0. The molecule has 2 nitrogen and oxygen atoms in total. The van der Waals surface area contributed by atoms with Gasteiger partial charge in [-0.1, -0.05) is 23.9 Å². The molecule has 0 aliphatic carbocycles. The third-order valence-corrected chi connectivity index (χ3v) is 3.83. The van der Waals surface area contributed by atoms with Crippen molar-refractivity contribution < 1.29 is 0 Å². The Morgan fingerprint density at radius 2 is 2.12 bits per heavy atom. The van der Waals surface area contributed by atoms with Gasteiger partial charge in [0.05, 0.1) is 5.69 Å². The van der Waals surface area contributed by atoms with Crippen LogP contribution in [0.2, 0.25) is 0 Å². The largest absolute Gasteiger partial charge is 0.367 e. The molecule has 0 saturated carbocycles. The molecular formula is C13H12N2S. The van der Waals surface area contributed by atoms with Gasteiger partial charge in [-0.05, 0) is 36.8 Å². The first kappa shape index (κ1) is 9.73. The van der Waals surface area contributed by atoms with Crippen LogP contribution >= 0.6 is 11.8 Å². The minimum atomic E-state index is 0.247. The molecule has 1 aliphatic rings. The SMILES string of the molecule is Cc1ccnc(C2Nc3ccccc3S2)c1. The number of para-hydroxylation sites is 1. The van der Waals surface area contributed by atoms with Gasteiger partial charge >= 0.3 is 0 Å². The number of aryl methyl sites for hydroxylation is 1. The second-order valence-electron chi connectivity index (χ2n) is 3.90. The maximum absolute atomic E-state index is 4.42. The van der Waals surface area contributed by atoms with Crippen LogP contribution in [0.5, 0.6) is 0 Å². The molecule has 0 radical (unpaired) electrons. The fourth-order valence-electron chi connectivity index (χ4n) is 1.82. The Hall–Kier alpha value is -1.48. The smallest absolute Gasteiger partial charge is 0.120 e. The molecule has 3 heteroatoms. The van der Waals surface area contributed by atoms with E-state index in [-0.39, 0.29) is 5.37 Å². The second kappa shape index (κ2) is 3.83. The van der Waals surface area contributed by atoms with Gasteiger partial charge in [-0.25, -0.2) is 0 Å². The number of pyridine rings is 1. The average Bonchev–Trinajstić information content (AvgIpc) is 2.72. The van der Waals surface area contributed by atoms with Crippen LogP contribution in [0.15, 0.2) is 47.5 Å². The number of benzene rings is 1. The van der Waals surface area contributed by atoms with Crippen LogP contribution in [0, 0.1) is 6.92 Å². The summed E-state index contributed by atoms with van der Waals surface area (Å²) in [5, 5.41) is 3.73. The Bertz CT molecular complexity index is 500. The zero-order valence-electron chi connectivity index (χ0n) is 8.97. The zero-order valence-corrected chi connectivity index (χ0v) is 9.79. The van der Waals surface area contributed by atoms with E-state index in [9.17, 15) is 0 Å². The molecule has 2 aromatic rings. The Morgan fingerprint density at radius 3 is 2.94 bits per heavy atom. The predicted octanol–water partition coefficient (Wildman–Crippen LogP) is 3.61. The van der Waals surface area contributed by atoms with Gasteiger partial charge in [0, 0.05) is 16.8 Å². The third kappa shape index (κ3) is 1.67. The first-order chi connectivity index (χ1) is 7.83. The third-order valence-electron chi connectivity index (χ3n) is 2.62. The molecule has 1 aliphatic heterocycles. The number of fused-ring (bicyclic) bond motifs is 1. The summed E-state index contributed by atoms with van der Waals surface area (Å²) in [5.74, 6) is 0. The molecule has 0 spiro atoms. The summed E-state index contributed by atoms with van der Waals surface area (Å²) in [6, 6.07) is 12.5. The van der Waals surface area contributed by atoms with Crippen molar-refractivity contribution >= 4 is 17.4 Å². The van der Waals surface area contributed by atoms with Gasteiger partial charge in [-0.3, -0.25) is 4.98 Å². The molecule has 0 fully saturated rings. The Balaban J connectivity index is 1.91. The van der Waals surface area contributed by atoms with E-state index in [1.165, 1.54) is 16.1 Å². The number of nitrogens with one attached hydrogen (secondary N) is 1. The molecule has 2 heterocycles. The van der Waals surface area contributed by atoms with Crippen molar-refractivity contribution in [2.24, 2.45) is 0 Å². The Kier molecular flexibility index (Phi) is 2.33. The topological polar surface area (TPSA) is 24.9 Å². The number of thioether (sulfide) groups is 1. The van der Waals surface area contributed by atoms with Crippen LogP contribution in [0.4, 0.5) is 5.69 Å². The van der Waals surface area contributed by atoms with Crippen molar-refractivity contribution in [1.29, 1.82) is 0 Å². The number of anilines is 1. The van der Waals surface area contributed by atoms with Crippen molar-refractivity contribution in [1.82, 2.24) is 4.98 Å². The quantitative estimate of drug-likeness (QED) is 0.807. The highest BCUT2D eigenvalue weighted by Gasteiger charge is 2.23. The first-order valence-electron chi connectivity index (χ1n) is 5.28. The van der Waals surface area contributed by atoms with E-state index in [1.54, 1.807) is 0 Å². The molecule has 1 unspecified atom stereocenters. The van der Waals surface area contributed by atoms with Gasteiger partial charge in [0.15, 0.2) is 0 Å². The summed E-state index contributed by atoms with van der Waals surface area (Å²) in [6.07, 6.45) is 1.87. The van der Waals surface area contributed by atoms with Gasteiger partial charge in [0.1, 0.15) is 5.37 Å². The van der Waals surface area contributed by atoms with E-state index in [0.29, 0.717) is 0 Å². The minimum Gasteiger partial charge on any atom is -0.367 e. The lowest BCUT2D eigenvalue weighted by atomic mass is 10.2. The molecule has 16 heavy (non-hydrogen) atoms. The molecule has 0 bridgehead atoms. The number of nitrogens with zero attached hydrogens (tertiary/aromatic N) is 1. The molecule has 3 rings (SSSR count). The number of rotatable bonds is 1. The number of hydrogen-bond donors (Lipinski definition) is 1. The van der Waals surface area contributed by atoms with Crippen LogP contribution in [-0.4, -0.2) is 4.98 Å². The summed E-state index contributed by atoms with van der Waals surface area (Å²) in [4.78, 5) is 5.72. The highest BCUT2D eigenvalue weighted by Crippen LogP contribution is 2.45. The maximum Gasteiger partial charge on any atom is 0.120 e. The van der Waals surface area contributed by atoms with Crippen LogP contribution in [0.25, 0.3) is 0 Å². The van der Waals surface area contributed by atoms with Crippen molar-refractivity contribution in [2.45, 2.75) is 17.2 Å². The van der Waals surface area contributed by atoms with E-state index < -0.39 is 0 Å². The lowest BCUT2D eigenvalue weighted by Crippen LogP contribution is -2.03. The molecule has 1 aromatic heterocycles. The standard InChI is InChI=1S/C13H12N2S/c1-9-6-7-14-11(8-9)13-15-10-4-2-3-5-12(10)16-13/h2-8,13,15H,1H3. The van der Waals surface area contributed by atoms with E-state index >= 15 is 0 Å². The lowest BCUT2D eigenvalue weighted by molar-refractivity contribution is 1.03. The Labute approximate surface area is 99.1 Å². The highest BCUT2D eigenvalue weighted by molar-refractivity contribution is 8.00. The van der Waals surface area contributed by atoms with Crippen molar-refractivity contribution in [2.75, 3.05) is 5.32 Å². The summed E-state index contributed by atoms with van der Waals surface area (Å²) in [7, 11) is 0. The van der Waals surface area contributed by atoms with E-state index in [2.05, 4.69) is 47.6 Å². The monoisotopic (exact) mass is 228 g/mol. The van der Waals surface area contributed by atoms with Crippen molar-refractivity contribution in [3.63, 3.8) is 0 Å². The molecule has 0 amide bonds. The van der Waals surface area contributed by atoms with E-state index in [0.717, 1.165) is 5.69 Å². The normalized spacial score (nSPS) is 17.9. The molecule has 1 N–H and O–H groups in total. The van der Waals surface area contributed by atoms with Gasteiger partial charge < -0.3 is 5.32 Å². The fraction of sp³-hybridized carbons (Fsp3) is 0.154. The summed E-state index contributed by atoms with van der Waals surface area (Å²) in [5.41, 5.74) is 3.56. The van der Waals surface area contributed by atoms with Gasteiger partial charge in [-0.2, -0.15) is 0 Å². The van der Waals surface area contributed by atoms with E-state index in [1.807, 2.05) is 24.0 Å². The average molecular weight is 228 g/mol. The van der Waals surface area contributed by atoms with E-state index in [4.69, 9.17) is 0 Å². The number of hydrogen-bond acceptors (Lipinski definition) is 3. The van der Waals surface area contributed by atoms with Crippen LogP contribution in [-0.2, 0) is 0 Å². The first-order valence-corrected chi connectivity index (χ1v) is 6.16. The van der Waals surface area contributed by atoms with Gasteiger partial charge in [-0.15, -0.1) is 0 Å². The van der Waals surface area contributed by atoms with Crippen LogP contribution in [0.3, 0.4) is 0 Å².